The van der Waals surface area contributed by atoms with Gasteiger partial charge in [-0.3, -0.25) is 4.79 Å². The number of anilines is 1. The number of benzene rings is 1. The zero-order chi connectivity index (χ0) is 12.4. The summed E-state index contributed by atoms with van der Waals surface area (Å²) in [5.74, 6) is -0.278. The van der Waals surface area contributed by atoms with Gasteiger partial charge in [0.15, 0.2) is 0 Å². The second-order valence-corrected chi connectivity index (χ2v) is 4.17. The highest BCUT2D eigenvalue weighted by atomic mass is 19.1. The van der Waals surface area contributed by atoms with Gasteiger partial charge in [0.1, 0.15) is 11.9 Å². The van der Waals surface area contributed by atoms with Gasteiger partial charge in [0.2, 0.25) is 5.91 Å². The van der Waals surface area contributed by atoms with Crippen molar-refractivity contribution in [2.45, 2.75) is 26.3 Å². The first-order valence-electron chi connectivity index (χ1n) is 6.03. The number of hydrogen-bond acceptors (Lipinski definition) is 2. The van der Waals surface area contributed by atoms with Gasteiger partial charge in [-0.2, -0.15) is 0 Å². The maximum atomic E-state index is 13.3. The van der Waals surface area contributed by atoms with E-state index in [1.54, 1.807) is 11.0 Å². The van der Waals surface area contributed by atoms with Crippen molar-refractivity contribution in [2.75, 3.05) is 18.0 Å². The number of carbonyl (C=O) groups excluding carboxylic acids is 1. The molecule has 17 heavy (non-hydrogen) atoms. The second-order valence-electron chi connectivity index (χ2n) is 4.17. The molecular formula is C13H17FN2O. The SMILES string of the molecule is CCCNC1C(=O)N(CC)c2ccc(F)cc21. The normalized spacial score (nSPS) is 18.6. The van der Waals surface area contributed by atoms with Crippen LogP contribution in [0.4, 0.5) is 10.1 Å². The van der Waals surface area contributed by atoms with Crippen molar-refractivity contribution in [1.82, 2.24) is 5.32 Å². The number of halogens is 1. The summed E-state index contributed by atoms with van der Waals surface area (Å²) in [5, 5.41) is 3.17. The average Bonchev–Trinajstić information content (AvgIpc) is 2.58. The quantitative estimate of drug-likeness (QED) is 0.869. The Kier molecular flexibility index (Phi) is 3.43. The standard InChI is InChI=1S/C13H17FN2O/c1-3-7-15-12-10-8-9(14)5-6-11(10)16(4-2)13(12)17/h5-6,8,12,15H,3-4,7H2,1-2H3. The molecular weight excluding hydrogens is 219 g/mol. The maximum absolute atomic E-state index is 13.3. The van der Waals surface area contributed by atoms with Crippen LogP contribution in [-0.4, -0.2) is 19.0 Å². The Morgan fingerprint density at radius 2 is 2.18 bits per heavy atom. The Morgan fingerprint density at radius 3 is 2.82 bits per heavy atom. The molecule has 1 aromatic carbocycles. The minimum absolute atomic E-state index is 0.0153. The van der Waals surface area contributed by atoms with Crippen LogP contribution in [0, 0.1) is 5.82 Å². The molecule has 1 aromatic rings. The summed E-state index contributed by atoms with van der Waals surface area (Å²) >= 11 is 0. The predicted molar refractivity (Wildman–Crippen MR) is 65.5 cm³/mol. The zero-order valence-corrected chi connectivity index (χ0v) is 10.2. The third-order valence-corrected chi connectivity index (χ3v) is 3.02. The molecule has 1 unspecified atom stereocenters. The van der Waals surface area contributed by atoms with Crippen molar-refractivity contribution in [2.24, 2.45) is 0 Å². The summed E-state index contributed by atoms with van der Waals surface area (Å²) in [5.41, 5.74) is 1.58. The van der Waals surface area contributed by atoms with Crippen LogP contribution in [0.2, 0.25) is 0 Å². The van der Waals surface area contributed by atoms with E-state index in [1.807, 2.05) is 13.8 Å². The highest BCUT2D eigenvalue weighted by Gasteiger charge is 2.36. The molecule has 2 rings (SSSR count). The molecule has 1 aliphatic rings. The van der Waals surface area contributed by atoms with Crippen LogP contribution < -0.4 is 10.2 Å². The number of carbonyl (C=O) groups is 1. The summed E-state index contributed by atoms with van der Waals surface area (Å²) in [6.07, 6.45) is 0.945. The first-order valence-corrected chi connectivity index (χ1v) is 6.03. The summed E-state index contributed by atoms with van der Waals surface area (Å²) in [6, 6.07) is 4.15. The Labute approximate surface area is 101 Å². The molecule has 3 nitrogen and oxygen atoms in total. The Hall–Kier alpha value is -1.42. The summed E-state index contributed by atoms with van der Waals surface area (Å²) in [4.78, 5) is 13.8. The van der Waals surface area contributed by atoms with Crippen molar-refractivity contribution in [3.63, 3.8) is 0 Å². The third kappa shape index (κ3) is 2.05. The molecule has 1 N–H and O–H groups in total. The molecule has 1 aliphatic heterocycles. The van der Waals surface area contributed by atoms with Gasteiger partial charge in [-0.25, -0.2) is 4.39 Å². The van der Waals surface area contributed by atoms with Crippen LogP contribution in [0.5, 0.6) is 0 Å². The molecule has 0 saturated heterocycles. The largest absolute Gasteiger partial charge is 0.311 e. The van der Waals surface area contributed by atoms with Crippen molar-refractivity contribution in [3.8, 4) is 0 Å². The molecule has 0 aliphatic carbocycles. The van der Waals surface area contributed by atoms with E-state index in [9.17, 15) is 9.18 Å². The number of fused-ring (bicyclic) bond motifs is 1. The minimum atomic E-state index is -0.388. The van der Waals surface area contributed by atoms with Crippen LogP contribution in [0.3, 0.4) is 0 Å². The molecule has 0 fully saturated rings. The molecule has 0 spiro atoms. The third-order valence-electron chi connectivity index (χ3n) is 3.02. The molecule has 4 heteroatoms. The molecule has 1 amide bonds. The van der Waals surface area contributed by atoms with Crippen LogP contribution >= 0.6 is 0 Å². The lowest BCUT2D eigenvalue weighted by atomic mass is 10.1. The van der Waals surface area contributed by atoms with E-state index in [2.05, 4.69) is 5.32 Å². The number of likely N-dealkylation sites (N-methyl/N-ethyl adjacent to an activating group) is 1. The predicted octanol–water partition coefficient (Wildman–Crippen LogP) is 2.23. The Morgan fingerprint density at radius 1 is 1.41 bits per heavy atom. The first kappa shape index (κ1) is 12.0. The monoisotopic (exact) mass is 236 g/mol. The topological polar surface area (TPSA) is 32.3 Å². The highest BCUT2D eigenvalue weighted by molar-refractivity contribution is 6.04. The van der Waals surface area contributed by atoms with Crippen molar-refractivity contribution in [1.29, 1.82) is 0 Å². The van der Waals surface area contributed by atoms with Crippen molar-refractivity contribution >= 4 is 11.6 Å². The molecule has 0 aromatic heterocycles. The average molecular weight is 236 g/mol. The molecule has 0 radical (unpaired) electrons. The lowest BCUT2D eigenvalue weighted by molar-refractivity contribution is -0.119. The lowest BCUT2D eigenvalue weighted by Gasteiger charge is -2.15. The fraction of sp³-hybridized carbons (Fsp3) is 0.462. The van der Waals surface area contributed by atoms with E-state index in [4.69, 9.17) is 0 Å². The van der Waals surface area contributed by atoms with Gasteiger partial charge < -0.3 is 10.2 Å². The summed E-state index contributed by atoms with van der Waals surface area (Å²) in [6.45, 7) is 5.33. The Balaban J connectivity index is 2.37. The van der Waals surface area contributed by atoms with Gasteiger partial charge in [-0.1, -0.05) is 6.92 Å². The molecule has 0 saturated carbocycles. The minimum Gasteiger partial charge on any atom is -0.311 e. The van der Waals surface area contributed by atoms with Crippen molar-refractivity contribution in [3.05, 3.63) is 29.6 Å². The number of rotatable bonds is 4. The van der Waals surface area contributed by atoms with Gasteiger partial charge in [-0.05, 0) is 38.1 Å². The number of amides is 1. The number of nitrogens with zero attached hydrogens (tertiary/aromatic N) is 1. The van der Waals surface area contributed by atoms with Crippen LogP contribution in [0.15, 0.2) is 18.2 Å². The van der Waals surface area contributed by atoms with Gasteiger partial charge >= 0.3 is 0 Å². The number of hydrogen-bond donors (Lipinski definition) is 1. The fourth-order valence-electron chi connectivity index (χ4n) is 2.22. The van der Waals surface area contributed by atoms with E-state index < -0.39 is 0 Å². The van der Waals surface area contributed by atoms with E-state index in [1.165, 1.54) is 12.1 Å². The van der Waals surface area contributed by atoms with E-state index in [0.717, 1.165) is 24.2 Å². The fourth-order valence-corrected chi connectivity index (χ4v) is 2.22. The summed E-state index contributed by atoms with van der Waals surface area (Å²) < 4.78 is 13.3. The van der Waals surface area contributed by atoms with Crippen LogP contribution in [-0.2, 0) is 4.79 Å². The van der Waals surface area contributed by atoms with Crippen LogP contribution in [0.25, 0.3) is 0 Å². The smallest absolute Gasteiger partial charge is 0.248 e. The molecule has 1 heterocycles. The molecule has 1 atom stereocenters. The molecule has 92 valence electrons. The zero-order valence-electron chi connectivity index (χ0n) is 10.2. The van der Waals surface area contributed by atoms with E-state index in [-0.39, 0.29) is 17.8 Å². The van der Waals surface area contributed by atoms with Crippen molar-refractivity contribution < 1.29 is 9.18 Å². The first-order chi connectivity index (χ1) is 8.19. The summed E-state index contributed by atoms with van der Waals surface area (Å²) in [7, 11) is 0. The van der Waals surface area contributed by atoms with Gasteiger partial charge in [0.25, 0.3) is 0 Å². The Bertz CT molecular complexity index is 433. The van der Waals surface area contributed by atoms with Gasteiger partial charge in [0, 0.05) is 17.8 Å². The van der Waals surface area contributed by atoms with Gasteiger partial charge in [0.05, 0.1) is 0 Å². The maximum Gasteiger partial charge on any atom is 0.248 e. The highest BCUT2D eigenvalue weighted by Crippen LogP contribution is 2.35. The van der Waals surface area contributed by atoms with E-state index >= 15 is 0 Å². The second kappa shape index (κ2) is 4.84. The molecule has 0 bridgehead atoms. The van der Waals surface area contributed by atoms with Gasteiger partial charge in [-0.15, -0.1) is 0 Å². The number of nitrogens with one attached hydrogen (secondary N) is 1. The lowest BCUT2D eigenvalue weighted by Crippen LogP contribution is -2.34. The van der Waals surface area contributed by atoms with E-state index in [0.29, 0.717) is 6.54 Å². The van der Waals surface area contributed by atoms with Crippen LogP contribution in [0.1, 0.15) is 31.9 Å².